The standard InChI is InChI=1S/C27H34N2O3/c1-2-4-22(5-3-1)21-30-16-17-31-25-9-15-32-27(19-25)10-13-29(14-11-27)20-23-6-7-24-8-12-28-26(24)18-23/h1-8,12,18,25,28H,9-11,13-17,19-21H2. The summed E-state index contributed by atoms with van der Waals surface area (Å²) in [7, 11) is 0. The molecule has 0 saturated carbocycles. The molecule has 0 amide bonds. The summed E-state index contributed by atoms with van der Waals surface area (Å²) >= 11 is 0. The molecule has 32 heavy (non-hydrogen) atoms. The summed E-state index contributed by atoms with van der Waals surface area (Å²) < 4.78 is 18.3. The number of likely N-dealkylation sites (tertiary alicyclic amines) is 1. The zero-order chi connectivity index (χ0) is 21.6. The van der Waals surface area contributed by atoms with E-state index >= 15 is 0 Å². The topological polar surface area (TPSA) is 46.7 Å². The summed E-state index contributed by atoms with van der Waals surface area (Å²) in [5.74, 6) is 0. The van der Waals surface area contributed by atoms with Crippen molar-refractivity contribution in [3.05, 3.63) is 71.9 Å². The first-order chi connectivity index (χ1) is 15.8. The van der Waals surface area contributed by atoms with Gasteiger partial charge in [0.1, 0.15) is 0 Å². The van der Waals surface area contributed by atoms with Gasteiger partial charge in [-0.2, -0.15) is 0 Å². The first-order valence-corrected chi connectivity index (χ1v) is 11.9. The highest BCUT2D eigenvalue weighted by atomic mass is 16.5. The molecule has 1 unspecified atom stereocenters. The number of hydrogen-bond acceptors (Lipinski definition) is 4. The number of H-pyrrole nitrogens is 1. The van der Waals surface area contributed by atoms with Crippen molar-refractivity contribution in [2.45, 2.75) is 50.5 Å². The molecule has 5 nitrogen and oxygen atoms in total. The molecule has 170 valence electrons. The second-order valence-corrected chi connectivity index (χ2v) is 9.23. The smallest absolute Gasteiger partial charge is 0.0731 e. The van der Waals surface area contributed by atoms with Crippen molar-refractivity contribution in [2.24, 2.45) is 0 Å². The molecular weight excluding hydrogens is 400 g/mol. The second-order valence-electron chi connectivity index (χ2n) is 9.23. The van der Waals surface area contributed by atoms with Crippen LogP contribution >= 0.6 is 0 Å². The molecule has 3 aromatic rings. The van der Waals surface area contributed by atoms with Crippen LogP contribution in [0.2, 0.25) is 0 Å². The van der Waals surface area contributed by atoms with Gasteiger partial charge in [-0.3, -0.25) is 4.90 Å². The number of benzene rings is 2. The van der Waals surface area contributed by atoms with Crippen molar-refractivity contribution < 1.29 is 14.2 Å². The Hall–Kier alpha value is -2.18. The van der Waals surface area contributed by atoms with Gasteiger partial charge in [0.05, 0.1) is 31.5 Å². The largest absolute Gasteiger partial charge is 0.376 e. The third-order valence-electron chi connectivity index (χ3n) is 6.93. The lowest BCUT2D eigenvalue weighted by molar-refractivity contribution is -0.158. The van der Waals surface area contributed by atoms with Crippen LogP contribution in [-0.2, 0) is 27.4 Å². The molecule has 0 aliphatic carbocycles. The summed E-state index contributed by atoms with van der Waals surface area (Å²) in [6, 6.07) is 19.2. The first-order valence-electron chi connectivity index (χ1n) is 11.9. The third kappa shape index (κ3) is 5.41. The molecule has 1 N–H and O–H groups in total. The molecule has 3 heterocycles. The van der Waals surface area contributed by atoms with Crippen molar-refractivity contribution in [1.29, 1.82) is 0 Å². The lowest BCUT2D eigenvalue weighted by Crippen LogP contribution is -2.50. The predicted molar refractivity (Wildman–Crippen MR) is 127 cm³/mol. The summed E-state index contributed by atoms with van der Waals surface area (Å²) in [4.78, 5) is 5.88. The van der Waals surface area contributed by atoms with Gasteiger partial charge in [-0.25, -0.2) is 0 Å². The summed E-state index contributed by atoms with van der Waals surface area (Å²) in [5.41, 5.74) is 3.79. The number of fused-ring (bicyclic) bond motifs is 1. The van der Waals surface area contributed by atoms with E-state index in [2.05, 4.69) is 46.3 Å². The Balaban J connectivity index is 1.04. The van der Waals surface area contributed by atoms with Gasteiger partial charge in [0.15, 0.2) is 0 Å². The quantitative estimate of drug-likeness (QED) is 0.512. The molecule has 1 aromatic heterocycles. The van der Waals surface area contributed by atoms with Gasteiger partial charge in [0.2, 0.25) is 0 Å². The predicted octanol–water partition coefficient (Wildman–Crippen LogP) is 4.91. The Morgan fingerprint density at radius 2 is 1.88 bits per heavy atom. The molecule has 2 aliphatic rings. The van der Waals surface area contributed by atoms with E-state index < -0.39 is 0 Å². The average Bonchev–Trinajstić information content (AvgIpc) is 3.29. The molecular formula is C27H34N2O3. The molecule has 0 radical (unpaired) electrons. The zero-order valence-electron chi connectivity index (χ0n) is 18.8. The highest BCUT2D eigenvalue weighted by molar-refractivity contribution is 5.79. The molecule has 2 saturated heterocycles. The van der Waals surface area contributed by atoms with E-state index in [4.69, 9.17) is 14.2 Å². The van der Waals surface area contributed by atoms with Crippen LogP contribution < -0.4 is 0 Å². The van der Waals surface area contributed by atoms with Crippen molar-refractivity contribution in [2.75, 3.05) is 32.9 Å². The van der Waals surface area contributed by atoms with Gasteiger partial charge in [-0.1, -0.05) is 42.5 Å². The molecule has 1 atom stereocenters. The van der Waals surface area contributed by atoms with Gasteiger partial charge in [-0.15, -0.1) is 0 Å². The number of nitrogens with zero attached hydrogens (tertiary/aromatic N) is 1. The van der Waals surface area contributed by atoms with Crippen LogP contribution in [0.3, 0.4) is 0 Å². The van der Waals surface area contributed by atoms with Crippen molar-refractivity contribution in [3.63, 3.8) is 0 Å². The summed E-state index contributed by atoms with van der Waals surface area (Å²) in [6.45, 7) is 5.90. The molecule has 2 aliphatic heterocycles. The van der Waals surface area contributed by atoms with Crippen LogP contribution in [0.15, 0.2) is 60.8 Å². The highest BCUT2D eigenvalue weighted by Crippen LogP contribution is 2.36. The van der Waals surface area contributed by atoms with Crippen molar-refractivity contribution in [3.8, 4) is 0 Å². The minimum absolute atomic E-state index is 0.00623. The van der Waals surface area contributed by atoms with Crippen molar-refractivity contribution in [1.82, 2.24) is 9.88 Å². The van der Waals surface area contributed by atoms with Gasteiger partial charge in [0, 0.05) is 44.4 Å². The second kappa shape index (κ2) is 10.2. The molecule has 2 fully saturated rings. The van der Waals surface area contributed by atoms with Gasteiger partial charge < -0.3 is 19.2 Å². The van der Waals surface area contributed by atoms with E-state index in [-0.39, 0.29) is 11.7 Å². The number of aromatic amines is 1. The van der Waals surface area contributed by atoms with Crippen molar-refractivity contribution >= 4 is 10.9 Å². The number of rotatable bonds is 8. The molecule has 1 spiro atoms. The van der Waals surface area contributed by atoms with E-state index in [0.717, 1.165) is 51.9 Å². The minimum atomic E-state index is -0.00623. The van der Waals surface area contributed by atoms with E-state index in [1.807, 2.05) is 24.4 Å². The van der Waals surface area contributed by atoms with E-state index in [0.29, 0.717) is 19.8 Å². The maximum atomic E-state index is 6.32. The highest BCUT2D eigenvalue weighted by Gasteiger charge is 2.40. The van der Waals surface area contributed by atoms with Crippen LogP contribution in [0, 0.1) is 0 Å². The van der Waals surface area contributed by atoms with E-state index in [1.165, 1.54) is 22.0 Å². The fourth-order valence-electron chi connectivity index (χ4n) is 5.08. The molecule has 5 rings (SSSR count). The Morgan fingerprint density at radius 3 is 2.75 bits per heavy atom. The Bertz CT molecular complexity index is 979. The van der Waals surface area contributed by atoms with Crippen LogP contribution in [0.1, 0.15) is 36.8 Å². The lowest BCUT2D eigenvalue weighted by Gasteiger charge is -2.46. The van der Waals surface area contributed by atoms with Crippen LogP contribution in [0.5, 0.6) is 0 Å². The van der Waals surface area contributed by atoms with Crippen LogP contribution in [0.4, 0.5) is 0 Å². The summed E-state index contributed by atoms with van der Waals surface area (Å²) in [6.07, 6.45) is 6.46. The number of aromatic nitrogens is 1. The number of piperidine rings is 1. The average molecular weight is 435 g/mol. The molecule has 0 bridgehead atoms. The van der Waals surface area contributed by atoms with Crippen LogP contribution in [0.25, 0.3) is 10.9 Å². The minimum Gasteiger partial charge on any atom is -0.376 e. The normalized spacial score (nSPS) is 21.3. The maximum Gasteiger partial charge on any atom is 0.0731 e. The monoisotopic (exact) mass is 434 g/mol. The molecule has 5 heteroatoms. The van der Waals surface area contributed by atoms with E-state index in [9.17, 15) is 0 Å². The van der Waals surface area contributed by atoms with Gasteiger partial charge >= 0.3 is 0 Å². The van der Waals surface area contributed by atoms with Crippen LogP contribution in [-0.4, -0.2) is 54.5 Å². The number of ether oxygens (including phenoxy) is 3. The third-order valence-corrected chi connectivity index (χ3v) is 6.93. The van der Waals surface area contributed by atoms with E-state index in [1.54, 1.807) is 0 Å². The molecule has 2 aromatic carbocycles. The Kier molecular flexibility index (Phi) is 6.89. The zero-order valence-corrected chi connectivity index (χ0v) is 18.8. The number of hydrogen-bond donors (Lipinski definition) is 1. The maximum absolute atomic E-state index is 6.32. The fraction of sp³-hybridized carbons (Fsp3) is 0.481. The fourth-order valence-corrected chi connectivity index (χ4v) is 5.08. The SMILES string of the molecule is c1ccc(COCCOC2CCOC3(CCN(Cc4ccc5cc[nH]c5c4)CC3)C2)cc1. The Morgan fingerprint density at radius 1 is 1.00 bits per heavy atom. The number of nitrogens with one attached hydrogen (secondary N) is 1. The van der Waals surface area contributed by atoms with Gasteiger partial charge in [0.25, 0.3) is 0 Å². The lowest BCUT2D eigenvalue weighted by atomic mass is 9.83. The first kappa shape index (κ1) is 21.7. The Labute approximate surface area is 190 Å². The van der Waals surface area contributed by atoms with Gasteiger partial charge in [-0.05, 0) is 47.9 Å². The summed E-state index contributed by atoms with van der Waals surface area (Å²) in [5, 5.41) is 1.28.